The second-order valence-corrected chi connectivity index (χ2v) is 11.5. The molecular weight excluding hydrogens is 648 g/mol. The van der Waals surface area contributed by atoms with E-state index in [9.17, 15) is 32.3 Å². The lowest BCUT2D eigenvalue weighted by Crippen LogP contribution is -2.27. The van der Waals surface area contributed by atoms with Crippen molar-refractivity contribution in [3.8, 4) is 0 Å². The van der Waals surface area contributed by atoms with Crippen LogP contribution < -0.4 is 0 Å². The molecule has 9 heteroatoms. The van der Waals surface area contributed by atoms with Crippen LogP contribution in [0.2, 0.25) is 0 Å². The SMILES string of the molecule is C.CCCCC/C=C\C/C=C\C/C=C\C/C=C\CCC(F)(F)C(=O)O.CCCCCC(O)/C=C/C=C\C/C=C\C/C=C\CCC(F)(F)C(=O)O. The summed E-state index contributed by atoms with van der Waals surface area (Å²) < 4.78 is 51.1. The number of aliphatic carboxylic acids is 2. The summed E-state index contributed by atoms with van der Waals surface area (Å²) >= 11 is 0. The molecule has 0 bridgehead atoms. The Kier molecular flexibility index (Phi) is 36.0. The summed E-state index contributed by atoms with van der Waals surface area (Å²) in [5, 5.41) is 26.2. The van der Waals surface area contributed by atoms with E-state index in [0.717, 1.165) is 51.4 Å². The van der Waals surface area contributed by atoms with Crippen molar-refractivity contribution in [1.82, 2.24) is 0 Å². The van der Waals surface area contributed by atoms with Gasteiger partial charge in [-0.3, -0.25) is 0 Å². The van der Waals surface area contributed by atoms with Crippen molar-refractivity contribution < 1.29 is 42.5 Å². The van der Waals surface area contributed by atoms with Gasteiger partial charge in [-0.15, -0.1) is 0 Å². The minimum atomic E-state index is -3.65. The van der Waals surface area contributed by atoms with Crippen LogP contribution in [0.3, 0.4) is 0 Å². The Balaban J connectivity index is -0.000000867. The molecule has 0 aromatic carbocycles. The van der Waals surface area contributed by atoms with Crippen molar-refractivity contribution >= 4 is 11.9 Å². The third-order valence-electron chi connectivity index (χ3n) is 6.89. The number of hydrogen-bond donors (Lipinski definition) is 3. The van der Waals surface area contributed by atoms with Gasteiger partial charge in [-0.25, -0.2) is 9.59 Å². The molecule has 0 spiro atoms. The van der Waals surface area contributed by atoms with E-state index in [0.29, 0.717) is 12.8 Å². The molecule has 0 saturated heterocycles. The summed E-state index contributed by atoms with van der Waals surface area (Å²) in [4.78, 5) is 20.4. The molecular formula is C41H64F4O5. The van der Waals surface area contributed by atoms with Crippen molar-refractivity contribution in [2.45, 2.75) is 148 Å². The van der Waals surface area contributed by atoms with Crippen LogP contribution in [0.5, 0.6) is 0 Å². The number of halogens is 4. The monoisotopic (exact) mass is 712 g/mol. The molecule has 0 aromatic rings. The summed E-state index contributed by atoms with van der Waals surface area (Å²) in [6.45, 7) is 4.33. The minimum Gasteiger partial charge on any atom is -0.477 e. The second kappa shape index (κ2) is 35.4. The zero-order chi connectivity index (χ0) is 37.1. The fourth-order valence-electron chi connectivity index (χ4n) is 3.92. The molecule has 0 heterocycles. The van der Waals surface area contributed by atoms with Gasteiger partial charge in [0.2, 0.25) is 0 Å². The molecule has 0 aliphatic heterocycles. The highest BCUT2D eigenvalue weighted by atomic mass is 19.3. The van der Waals surface area contributed by atoms with Gasteiger partial charge >= 0.3 is 23.8 Å². The first-order chi connectivity index (χ1) is 23.4. The average molecular weight is 713 g/mol. The summed E-state index contributed by atoms with van der Waals surface area (Å²) in [7, 11) is 0. The number of unbranched alkanes of at least 4 members (excludes halogenated alkanes) is 5. The number of carbonyl (C=O) groups is 2. The number of carboxylic acid groups (broad SMARTS) is 2. The molecule has 0 fully saturated rings. The van der Waals surface area contributed by atoms with Gasteiger partial charge < -0.3 is 15.3 Å². The van der Waals surface area contributed by atoms with Crippen LogP contribution in [0, 0.1) is 0 Å². The molecule has 1 unspecified atom stereocenters. The van der Waals surface area contributed by atoms with Gasteiger partial charge in [0.25, 0.3) is 0 Å². The van der Waals surface area contributed by atoms with E-state index in [1.165, 1.54) is 19.3 Å². The molecule has 0 aromatic heterocycles. The number of allylic oxidation sites excluding steroid dienone is 15. The second-order valence-electron chi connectivity index (χ2n) is 11.5. The maximum atomic E-state index is 12.8. The molecule has 0 aliphatic carbocycles. The Morgan fingerprint density at radius 3 is 1.30 bits per heavy atom. The van der Waals surface area contributed by atoms with E-state index in [1.54, 1.807) is 30.4 Å². The van der Waals surface area contributed by atoms with Crippen molar-refractivity contribution in [3.05, 3.63) is 97.2 Å². The first-order valence-electron chi connectivity index (χ1n) is 17.5. The van der Waals surface area contributed by atoms with Crippen LogP contribution in [0.4, 0.5) is 17.6 Å². The van der Waals surface area contributed by atoms with Gasteiger partial charge in [0, 0.05) is 12.8 Å². The van der Waals surface area contributed by atoms with E-state index in [4.69, 9.17) is 10.2 Å². The van der Waals surface area contributed by atoms with Gasteiger partial charge in [-0.05, 0) is 64.2 Å². The predicted molar refractivity (Wildman–Crippen MR) is 201 cm³/mol. The summed E-state index contributed by atoms with van der Waals surface area (Å²) in [5.41, 5.74) is 0. The Hall–Kier alpha value is -3.46. The molecule has 1 atom stereocenters. The van der Waals surface area contributed by atoms with Crippen LogP contribution >= 0.6 is 0 Å². The van der Waals surface area contributed by atoms with E-state index >= 15 is 0 Å². The molecule has 286 valence electrons. The lowest BCUT2D eigenvalue weighted by molar-refractivity contribution is -0.165. The van der Waals surface area contributed by atoms with Gasteiger partial charge in [0.1, 0.15) is 0 Å². The molecule has 0 saturated carbocycles. The van der Waals surface area contributed by atoms with E-state index < -0.39 is 36.6 Å². The molecule has 3 N–H and O–H groups in total. The molecule has 50 heavy (non-hydrogen) atoms. The summed E-state index contributed by atoms with van der Waals surface area (Å²) in [6, 6.07) is 0. The number of alkyl halides is 4. The number of aliphatic hydroxyl groups excluding tert-OH is 1. The third-order valence-corrected chi connectivity index (χ3v) is 6.89. The summed E-state index contributed by atoms with van der Waals surface area (Å²) in [5.74, 6) is -11.4. The fraction of sp³-hybridized carbons (Fsp3) is 0.561. The van der Waals surface area contributed by atoms with Crippen LogP contribution in [0.15, 0.2) is 97.2 Å². The quantitative estimate of drug-likeness (QED) is 0.0325. The van der Waals surface area contributed by atoms with E-state index in [1.807, 2.05) is 42.5 Å². The maximum Gasteiger partial charge on any atom is 0.374 e. The smallest absolute Gasteiger partial charge is 0.374 e. The summed E-state index contributed by atoms with van der Waals surface area (Å²) in [6.07, 6.45) is 42.0. The lowest BCUT2D eigenvalue weighted by atomic mass is 10.1. The van der Waals surface area contributed by atoms with Crippen LogP contribution in [-0.4, -0.2) is 45.2 Å². The third kappa shape index (κ3) is 35.8. The molecule has 0 rings (SSSR count). The molecule has 5 nitrogen and oxygen atoms in total. The number of carboxylic acids is 2. The molecule has 0 aliphatic rings. The standard InChI is InChI=1S/C20H30F2O3.C20H30F2O2.CH4/c1-2-3-12-15-18(23)16-13-10-8-6-4-5-7-9-11-14-17-20(21,22)19(24)25;1-2-3-4-5-6-7-8-9-10-11-12-13-14-15-16-17-18-20(21,22)19(23)24;/h4-5,8-11,13,16,18,23H,2-3,6-7,12,14-15,17H2,1H3,(H,24,25);6-7,9-10,12-13,15-16H,2-5,8,11,14,17-18H2,1H3,(H,23,24);1H4/b5-4-,10-8-,11-9-,16-13+;7-6-,10-9-,13-12-,16-15-;. The minimum absolute atomic E-state index is 0. The largest absolute Gasteiger partial charge is 0.477 e. The fourth-order valence-corrected chi connectivity index (χ4v) is 3.92. The van der Waals surface area contributed by atoms with Gasteiger partial charge in [-0.1, -0.05) is 151 Å². The van der Waals surface area contributed by atoms with Crippen molar-refractivity contribution in [1.29, 1.82) is 0 Å². The Labute approximate surface area is 299 Å². The highest BCUT2D eigenvalue weighted by Gasteiger charge is 2.38. The first-order valence-corrected chi connectivity index (χ1v) is 17.5. The Morgan fingerprint density at radius 2 is 0.900 bits per heavy atom. The zero-order valence-electron chi connectivity index (χ0n) is 29.5. The van der Waals surface area contributed by atoms with E-state index in [-0.39, 0.29) is 26.4 Å². The average Bonchev–Trinajstić information content (AvgIpc) is 3.05. The highest BCUT2D eigenvalue weighted by molar-refractivity contribution is 5.75. The number of hydrogen-bond acceptors (Lipinski definition) is 3. The Bertz CT molecular complexity index is 1070. The molecule has 0 radical (unpaired) electrons. The lowest BCUT2D eigenvalue weighted by Gasteiger charge is -2.08. The number of aliphatic hydroxyl groups is 1. The van der Waals surface area contributed by atoms with Crippen molar-refractivity contribution in [2.24, 2.45) is 0 Å². The highest BCUT2D eigenvalue weighted by Crippen LogP contribution is 2.21. The van der Waals surface area contributed by atoms with Crippen LogP contribution in [0.25, 0.3) is 0 Å². The topological polar surface area (TPSA) is 94.8 Å². The van der Waals surface area contributed by atoms with Gasteiger partial charge in [0.15, 0.2) is 0 Å². The maximum absolute atomic E-state index is 12.8. The predicted octanol–water partition coefficient (Wildman–Crippen LogP) is 12.5. The van der Waals surface area contributed by atoms with E-state index in [2.05, 4.69) is 38.2 Å². The zero-order valence-corrected chi connectivity index (χ0v) is 29.5. The van der Waals surface area contributed by atoms with Gasteiger partial charge in [-0.2, -0.15) is 17.6 Å². The Morgan fingerprint density at radius 1 is 0.540 bits per heavy atom. The normalized spacial score (nSPS) is 13.5. The van der Waals surface area contributed by atoms with Crippen molar-refractivity contribution in [2.75, 3.05) is 0 Å². The van der Waals surface area contributed by atoms with Crippen LogP contribution in [-0.2, 0) is 9.59 Å². The van der Waals surface area contributed by atoms with Gasteiger partial charge in [0.05, 0.1) is 6.10 Å². The number of rotatable bonds is 28. The first kappa shape index (κ1) is 50.9. The van der Waals surface area contributed by atoms with Crippen molar-refractivity contribution in [3.63, 3.8) is 0 Å². The van der Waals surface area contributed by atoms with Crippen LogP contribution in [0.1, 0.15) is 130 Å². The molecule has 0 amide bonds.